The summed E-state index contributed by atoms with van der Waals surface area (Å²) in [6, 6.07) is 0. The Kier molecular flexibility index (Phi) is 4.67. The van der Waals surface area contributed by atoms with Crippen LogP contribution in [0.25, 0.3) is 0 Å². The van der Waals surface area contributed by atoms with Gasteiger partial charge in [-0.15, -0.1) is 0 Å². The summed E-state index contributed by atoms with van der Waals surface area (Å²) >= 11 is 0. The van der Waals surface area contributed by atoms with Crippen molar-refractivity contribution >= 4 is 0 Å². The first-order valence-corrected chi connectivity index (χ1v) is 3.31. The Morgan fingerprint density at radius 1 is 0.889 bits per heavy atom. The van der Waals surface area contributed by atoms with E-state index in [1.54, 1.807) is 0 Å². The van der Waals surface area contributed by atoms with Gasteiger partial charge in [0.1, 0.15) is 0 Å². The largest absolute Gasteiger partial charge is 0.305 e. The average Bonchev–Trinajstić information content (AvgIpc) is 1.87. The molecule has 0 heterocycles. The first-order valence-electron chi connectivity index (χ1n) is 3.31. The molecular weight excluding hydrogens is 114 g/mol. The van der Waals surface area contributed by atoms with Crippen LogP contribution in [0.4, 0.5) is 0 Å². The van der Waals surface area contributed by atoms with Crippen molar-refractivity contribution in [1.29, 1.82) is 0 Å². The third-order valence-electron chi connectivity index (χ3n) is 1.37. The van der Waals surface area contributed by atoms with Gasteiger partial charge in [0.15, 0.2) is 0 Å². The summed E-state index contributed by atoms with van der Waals surface area (Å²) in [5.74, 6) is 0. The van der Waals surface area contributed by atoms with Crippen molar-refractivity contribution in [2.75, 3.05) is 14.1 Å². The van der Waals surface area contributed by atoms with E-state index in [1.807, 2.05) is 14.1 Å². The number of hydrogen-bond donors (Lipinski definition) is 3. The lowest BCUT2D eigenvalue weighted by molar-refractivity contribution is 0.395. The smallest absolute Gasteiger partial charge is 0.0552 e. The molecule has 0 aromatic carbocycles. The van der Waals surface area contributed by atoms with Gasteiger partial charge in [0.2, 0.25) is 0 Å². The molecule has 0 amide bonds. The summed E-state index contributed by atoms with van der Waals surface area (Å²) in [4.78, 5) is 0. The maximum absolute atomic E-state index is 3.26. The molecule has 0 saturated carbocycles. The summed E-state index contributed by atoms with van der Waals surface area (Å²) in [7, 11) is 3.86. The molecule has 0 aromatic rings. The van der Waals surface area contributed by atoms with Crippen LogP contribution >= 0.6 is 0 Å². The highest BCUT2D eigenvalue weighted by Gasteiger charge is 1.99. The van der Waals surface area contributed by atoms with E-state index >= 15 is 0 Å². The van der Waals surface area contributed by atoms with Crippen LogP contribution < -0.4 is 16.0 Å². The van der Waals surface area contributed by atoms with Gasteiger partial charge in [-0.1, -0.05) is 0 Å². The van der Waals surface area contributed by atoms with Crippen molar-refractivity contribution < 1.29 is 0 Å². The molecule has 0 rings (SSSR count). The van der Waals surface area contributed by atoms with Gasteiger partial charge in [-0.2, -0.15) is 0 Å². The van der Waals surface area contributed by atoms with Gasteiger partial charge in [0.25, 0.3) is 0 Å². The highest BCUT2D eigenvalue weighted by Crippen LogP contribution is 1.75. The fourth-order valence-electron chi connectivity index (χ4n) is 0.542. The molecule has 56 valence electrons. The van der Waals surface area contributed by atoms with Gasteiger partial charge in [-0.3, -0.25) is 5.32 Å². The van der Waals surface area contributed by atoms with Crippen molar-refractivity contribution in [2.24, 2.45) is 0 Å². The van der Waals surface area contributed by atoms with E-state index in [9.17, 15) is 0 Å². The topological polar surface area (TPSA) is 36.1 Å². The summed E-state index contributed by atoms with van der Waals surface area (Å²) in [6.07, 6.45) is 0.736. The van der Waals surface area contributed by atoms with E-state index in [0.29, 0.717) is 12.3 Å². The van der Waals surface area contributed by atoms with Crippen LogP contribution in [0, 0.1) is 0 Å². The monoisotopic (exact) mass is 131 g/mol. The van der Waals surface area contributed by atoms with E-state index in [2.05, 4.69) is 29.8 Å². The van der Waals surface area contributed by atoms with E-state index in [4.69, 9.17) is 0 Å². The maximum Gasteiger partial charge on any atom is 0.0552 e. The molecule has 3 nitrogen and oxygen atoms in total. The van der Waals surface area contributed by atoms with Gasteiger partial charge in [-0.05, 0) is 27.9 Å². The maximum atomic E-state index is 3.26. The molecule has 2 atom stereocenters. The molecule has 0 aliphatic rings. The molecule has 0 aliphatic heterocycles. The molecule has 0 aromatic heterocycles. The highest BCUT2D eigenvalue weighted by molar-refractivity contribution is 4.59. The molecule has 0 saturated heterocycles. The quantitative estimate of drug-likeness (QED) is 0.459. The Bertz CT molecular complexity index is 57.3. The number of hydrogen-bond acceptors (Lipinski definition) is 3. The first-order chi connectivity index (χ1) is 4.20. The lowest BCUT2D eigenvalue weighted by Crippen LogP contribution is -2.47. The molecule has 0 spiro atoms. The molecule has 0 fully saturated rings. The minimum absolute atomic E-state index is 0.368. The third-order valence-corrected chi connectivity index (χ3v) is 1.37. The lowest BCUT2D eigenvalue weighted by atomic mass is 10.5. The molecule has 2 unspecified atom stereocenters. The predicted molar refractivity (Wildman–Crippen MR) is 40.2 cm³/mol. The van der Waals surface area contributed by atoms with E-state index in [-0.39, 0.29) is 0 Å². The Balaban J connectivity index is 3.22. The standard InChI is InChI=1S/C6H17N3/c1-5(7-3)9-6(2)8-4/h5-9H,1-4H3. The van der Waals surface area contributed by atoms with Gasteiger partial charge in [-0.25, -0.2) is 0 Å². The Morgan fingerprint density at radius 2 is 1.22 bits per heavy atom. The van der Waals surface area contributed by atoms with Crippen LogP contribution in [0.2, 0.25) is 0 Å². The molecule has 0 bridgehead atoms. The van der Waals surface area contributed by atoms with Crippen molar-refractivity contribution in [3.05, 3.63) is 0 Å². The van der Waals surface area contributed by atoms with Gasteiger partial charge in [0, 0.05) is 0 Å². The molecule has 3 N–H and O–H groups in total. The van der Waals surface area contributed by atoms with Crippen molar-refractivity contribution in [3.8, 4) is 0 Å². The second kappa shape index (κ2) is 4.73. The summed E-state index contributed by atoms with van der Waals surface area (Å²) in [6.45, 7) is 4.15. The van der Waals surface area contributed by atoms with E-state index in [0.717, 1.165) is 0 Å². The van der Waals surface area contributed by atoms with E-state index in [1.165, 1.54) is 0 Å². The Morgan fingerprint density at radius 3 is 1.44 bits per heavy atom. The minimum atomic E-state index is 0.368. The van der Waals surface area contributed by atoms with E-state index < -0.39 is 0 Å². The fourth-order valence-corrected chi connectivity index (χ4v) is 0.542. The second-order valence-corrected chi connectivity index (χ2v) is 2.19. The van der Waals surface area contributed by atoms with Gasteiger partial charge >= 0.3 is 0 Å². The summed E-state index contributed by atoms with van der Waals surface area (Å²) in [5.41, 5.74) is 0. The number of nitrogens with one attached hydrogen (secondary N) is 3. The van der Waals surface area contributed by atoms with Crippen LogP contribution in [0.15, 0.2) is 0 Å². The van der Waals surface area contributed by atoms with Gasteiger partial charge < -0.3 is 10.6 Å². The second-order valence-electron chi connectivity index (χ2n) is 2.19. The fraction of sp³-hybridized carbons (Fsp3) is 1.00. The van der Waals surface area contributed by atoms with Crippen LogP contribution in [0.1, 0.15) is 13.8 Å². The lowest BCUT2D eigenvalue weighted by Gasteiger charge is -2.18. The van der Waals surface area contributed by atoms with Crippen LogP contribution in [0.3, 0.4) is 0 Å². The number of rotatable bonds is 4. The summed E-state index contributed by atoms with van der Waals surface area (Å²) in [5, 5.41) is 9.42. The van der Waals surface area contributed by atoms with Gasteiger partial charge in [0.05, 0.1) is 12.3 Å². The average molecular weight is 131 g/mol. The third kappa shape index (κ3) is 4.39. The minimum Gasteiger partial charge on any atom is -0.305 e. The Hall–Kier alpha value is -0.120. The Labute approximate surface area is 57.2 Å². The zero-order valence-corrected chi connectivity index (χ0v) is 6.65. The van der Waals surface area contributed by atoms with Crippen LogP contribution in [-0.4, -0.2) is 26.4 Å². The zero-order chi connectivity index (χ0) is 7.28. The van der Waals surface area contributed by atoms with Crippen molar-refractivity contribution in [1.82, 2.24) is 16.0 Å². The SMILES string of the molecule is CNC(C)NC(C)NC. The molecule has 9 heavy (non-hydrogen) atoms. The highest BCUT2D eigenvalue weighted by atomic mass is 15.2. The summed E-state index contributed by atoms with van der Waals surface area (Å²) < 4.78 is 0. The molecule has 3 heteroatoms. The first kappa shape index (κ1) is 8.88. The predicted octanol–water partition coefficient (Wildman–Crippen LogP) is -0.293. The molecule has 0 aliphatic carbocycles. The van der Waals surface area contributed by atoms with Crippen molar-refractivity contribution in [2.45, 2.75) is 26.2 Å². The normalized spacial score (nSPS) is 17.3. The molecular formula is C6H17N3. The van der Waals surface area contributed by atoms with Crippen LogP contribution in [-0.2, 0) is 0 Å². The van der Waals surface area contributed by atoms with Crippen molar-refractivity contribution in [3.63, 3.8) is 0 Å². The zero-order valence-electron chi connectivity index (χ0n) is 6.65. The molecule has 0 radical (unpaired) electrons. The van der Waals surface area contributed by atoms with Crippen LogP contribution in [0.5, 0.6) is 0 Å².